The summed E-state index contributed by atoms with van der Waals surface area (Å²) < 4.78 is 0. The number of hydrogen-bond donors (Lipinski definition) is 4. The van der Waals surface area contributed by atoms with Crippen molar-refractivity contribution >= 4 is 28.7 Å². The quantitative estimate of drug-likeness (QED) is 0.579. The van der Waals surface area contributed by atoms with Crippen LogP contribution in [-0.4, -0.2) is 33.4 Å². The van der Waals surface area contributed by atoms with Gasteiger partial charge in [-0.3, -0.25) is 14.4 Å². The molecule has 1 aliphatic heterocycles. The fourth-order valence-corrected chi connectivity index (χ4v) is 3.56. The van der Waals surface area contributed by atoms with Crippen LogP contribution in [0.3, 0.4) is 0 Å². The van der Waals surface area contributed by atoms with Crippen molar-refractivity contribution in [2.75, 3.05) is 0 Å². The van der Waals surface area contributed by atoms with Crippen LogP contribution in [-0.2, 0) is 20.9 Å². The van der Waals surface area contributed by atoms with Crippen LogP contribution in [0.2, 0.25) is 0 Å². The number of carbonyl (C=O) groups excluding carboxylic acids is 2. The number of amides is 2. The molecule has 2 aromatic rings. The lowest BCUT2D eigenvalue weighted by Gasteiger charge is -2.28. The van der Waals surface area contributed by atoms with Crippen LogP contribution in [0.1, 0.15) is 44.1 Å². The first-order valence-electron chi connectivity index (χ1n) is 8.82. The minimum absolute atomic E-state index is 0.0165. The van der Waals surface area contributed by atoms with Crippen molar-refractivity contribution in [2.45, 2.75) is 50.6 Å². The van der Waals surface area contributed by atoms with Gasteiger partial charge in [0, 0.05) is 48.4 Å². The minimum Gasteiger partial charge on any atom is -0.481 e. The van der Waals surface area contributed by atoms with Crippen molar-refractivity contribution in [3.8, 4) is 0 Å². The van der Waals surface area contributed by atoms with Gasteiger partial charge < -0.3 is 20.7 Å². The zero-order valence-corrected chi connectivity index (χ0v) is 14.5. The molecule has 7 nitrogen and oxygen atoms in total. The summed E-state index contributed by atoms with van der Waals surface area (Å²) in [5.41, 5.74) is 1.48. The van der Waals surface area contributed by atoms with E-state index in [-0.39, 0.29) is 24.7 Å². The normalized spacial score (nSPS) is 19.5. The Bertz CT molecular complexity index is 829. The zero-order chi connectivity index (χ0) is 18.6. The molecule has 1 atom stereocenters. The summed E-state index contributed by atoms with van der Waals surface area (Å²) in [4.78, 5) is 37.9. The molecule has 0 spiro atoms. The average molecular weight is 357 g/mol. The number of carboxylic acids is 1. The van der Waals surface area contributed by atoms with E-state index < -0.39 is 11.5 Å². The summed E-state index contributed by atoms with van der Waals surface area (Å²) in [5, 5.41) is 15.8. The highest BCUT2D eigenvalue weighted by molar-refractivity contribution is 5.84. The first-order chi connectivity index (χ1) is 12.5. The van der Waals surface area contributed by atoms with Gasteiger partial charge in [-0.2, -0.15) is 0 Å². The molecule has 1 saturated heterocycles. The maximum atomic E-state index is 12.3. The summed E-state index contributed by atoms with van der Waals surface area (Å²) in [6, 6.07) is 7.87. The summed E-state index contributed by atoms with van der Waals surface area (Å²) >= 11 is 0. The summed E-state index contributed by atoms with van der Waals surface area (Å²) in [6.45, 7) is 0.433. The van der Waals surface area contributed by atoms with Crippen molar-refractivity contribution in [3.63, 3.8) is 0 Å². The molecule has 1 aromatic heterocycles. The van der Waals surface area contributed by atoms with E-state index in [2.05, 4.69) is 15.6 Å². The number of nitrogens with one attached hydrogen (secondary N) is 3. The van der Waals surface area contributed by atoms with Crippen molar-refractivity contribution in [2.24, 2.45) is 0 Å². The molecule has 138 valence electrons. The molecule has 0 bridgehead atoms. The number of aromatic amines is 1. The smallest absolute Gasteiger partial charge is 0.303 e. The maximum absolute atomic E-state index is 12.3. The number of H-pyrrole nitrogens is 1. The van der Waals surface area contributed by atoms with Crippen LogP contribution in [0.5, 0.6) is 0 Å². The van der Waals surface area contributed by atoms with Gasteiger partial charge in [0.15, 0.2) is 0 Å². The predicted molar refractivity (Wildman–Crippen MR) is 96.4 cm³/mol. The van der Waals surface area contributed by atoms with Crippen LogP contribution in [0.15, 0.2) is 30.5 Å². The van der Waals surface area contributed by atoms with Gasteiger partial charge in [0.05, 0.1) is 0 Å². The van der Waals surface area contributed by atoms with Gasteiger partial charge in [0.2, 0.25) is 11.8 Å². The average Bonchev–Trinajstić information content (AvgIpc) is 3.24. The van der Waals surface area contributed by atoms with Crippen LogP contribution >= 0.6 is 0 Å². The molecule has 0 aliphatic carbocycles. The number of carbonyl (C=O) groups is 3. The Morgan fingerprint density at radius 2 is 2.00 bits per heavy atom. The van der Waals surface area contributed by atoms with Crippen LogP contribution in [0.25, 0.3) is 10.9 Å². The van der Waals surface area contributed by atoms with Gasteiger partial charge in [-0.25, -0.2) is 0 Å². The number of hydrogen-bond acceptors (Lipinski definition) is 3. The topological polar surface area (TPSA) is 111 Å². The van der Waals surface area contributed by atoms with E-state index in [0.29, 0.717) is 32.2 Å². The Balaban J connectivity index is 1.54. The number of aromatic nitrogens is 1. The number of rotatable bonds is 8. The van der Waals surface area contributed by atoms with Crippen molar-refractivity contribution in [3.05, 3.63) is 36.0 Å². The number of carboxylic acid groups (broad SMARTS) is 1. The fraction of sp³-hybridized carbons (Fsp3) is 0.421. The third-order valence-corrected chi connectivity index (χ3v) is 5.04. The summed E-state index contributed by atoms with van der Waals surface area (Å²) in [5.74, 6) is -1.07. The highest BCUT2D eigenvalue weighted by Gasteiger charge is 2.37. The first-order valence-corrected chi connectivity index (χ1v) is 8.82. The lowest BCUT2D eigenvalue weighted by atomic mass is 9.86. The van der Waals surface area contributed by atoms with Gasteiger partial charge in [0.25, 0.3) is 0 Å². The van der Waals surface area contributed by atoms with Crippen molar-refractivity contribution in [1.29, 1.82) is 0 Å². The largest absolute Gasteiger partial charge is 0.481 e. The molecular weight excluding hydrogens is 334 g/mol. The highest BCUT2D eigenvalue weighted by atomic mass is 16.4. The molecule has 2 heterocycles. The molecule has 1 aromatic carbocycles. The molecule has 4 N–H and O–H groups in total. The van der Waals surface area contributed by atoms with Crippen molar-refractivity contribution < 1.29 is 19.5 Å². The highest BCUT2D eigenvalue weighted by Crippen LogP contribution is 2.30. The molecule has 1 aliphatic rings. The maximum Gasteiger partial charge on any atom is 0.303 e. The van der Waals surface area contributed by atoms with E-state index in [0.717, 1.165) is 16.5 Å². The lowest BCUT2D eigenvalue weighted by Crippen LogP contribution is -2.43. The van der Waals surface area contributed by atoms with E-state index in [1.165, 1.54) is 0 Å². The molecule has 1 fully saturated rings. The molecule has 0 radical (unpaired) electrons. The van der Waals surface area contributed by atoms with Gasteiger partial charge in [0.1, 0.15) is 0 Å². The van der Waals surface area contributed by atoms with Crippen LogP contribution < -0.4 is 10.6 Å². The predicted octanol–water partition coefficient (Wildman–Crippen LogP) is 2.08. The standard InChI is InChI=1S/C19H23N3O4/c23-16(21-12-13-2-1-3-15-14(13)7-11-20-15)4-8-19(10-6-18(25)26)9-5-17(24)22-19/h1-3,7,11,20H,4-6,8-10,12H2,(H,21,23)(H,22,24)(H,25,26). The second-order valence-electron chi connectivity index (χ2n) is 6.86. The van der Waals surface area contributed by atoms with Gasteiger partial charge in [-0.15, -0.1) is 0 Å². The molecule has 3 rings (SSSR count). The Hall–Kier alpha value is -2.83. The Labute approximate surface area is 151 Å². The van der Waals surface area contributed by atoms with Crippen LogP contribution in [0.4, 0.5) is 0 Å². The Kier molecular flexibility index (Phi) is 5.25. The van der Waals surface area contributed by atoms with E-state index in [4.69, 9.17) is 5.11 Å². The monoisotopic (exact) mass is 357 g/mol. The minimum atomic E-state index is -0.894. The molecule has 26 heavy (non-hydrogen) atoms. The number of benzene rings is 1. The second kappa shape index (κ2) is 7.59. The number of aliphatic carboxylic acids is 1. The molecular formula is C19H23N3O4. The second-order valence-corrected chi connectivity index (χ2v) is 6.86. The first kappa shape index (κ1) is 18.0. The summed E-state index contributed by atoms with van der Waals surface area (Å²) in [6.07, 6.45) is 3.87. The number of fused-ring (bicyclic) bond motifs is 1. The van der Waals surface area contributed by atoms with E-state index in [1.54, 1.807) is 0 Å². The zero-order valence-electron chi connectivity index (χ0n) is 14.5. The molecule has 1 unspecified atom stereocenters. The third kappa shape index (κ3) is 4.22. The Morgan fingerprint density at radius 3 is 2.73 bits per heavy atom. The van der Waals surface area contributed by atoms with E-state index in [9.17, 15) is 14.4 Å². The summed E-state index contributed by atoms with van der Waals surface area (Å²) in [7, 11) is 0. The van der Waals surface area contributed by atoms with Gasteiger partial charge in [-0.05, 0) is 37.0 Å². The van der Waals surface area contributed by atoms with E-state index >= 15 is 0 Å². The van der Waals surface area contributed by atoms with Crippen molar-refractivity contribution in [1.82, 2.24) is 15.6 Å². The van der Waals surface area contributed by atoms with E-state index in [1.807, 2.05) is 30.5 Å². The lowest BCUT2D eigenvalue weighted by molar-refractivity contribution is -0.137. The SMILES string of the molecule is O=C(O)CCC1(CCC(=O)NCc2cccc3[nH]ccc23)CCC(=O)N1. The molecule has 0 saturated carbocycles. The molecule has 7 heteroatoms. The molecule has 2 amide bonds. The van der Waals surface area contributed by atoms with Gasteiger partial charge in [-0.1, -0.05) is 12.1 Å². The fourth-order valence-electron chi connectivity index (χ4n) is 3.56. The van der Waals surface area contributed by atoms with Gasteiger partial charge >= 0.3 is 5.97 Å². The van der Waals surface area contributed by atoms with Crippen LogP contribution in [0, 0.1) is 0 Å². The Morgan fingerprint density at radius 1 is 1.19 bits per heavy atom. The third-order valence-electron chi connectivity index (χ3n) is 5.04.